The summed E-state index contributed by atoms with van der Waals surface area (Å²) in [5.41, 5.74) is 14.4. The van der Waals surface area contributed by atoms with Crippen LogP contribution in [0.1, 0.15) is 5.56 Å². The predicted molar refractivity (Wildman–Crippen MR) is 216 cm³/mol. The summed E-state index contributed by atoms with van der Waals surface area (Å²) >= 11 is 0. The molecule has 0 atom stereocenters. The predicted octanol–water partition coefficient (Wildman–Crippen LogP) is 12.8. The lowest BCUT2D eigenvalue weighted by atomic mass is 9.99. The minimum absolute atomic E-state index is 0.645. The average Bonchev–Trinajstić information content (AvgIpc) is 3.73. The van der Waals surface area contributed by atoms with E-state index in [2.05, 4.69) is 185 Å². The quantitative estimate of drug-likeness (QED) is 0.181. The first-order valence-corrected chi connectivity index (χ1v) is 17.6. The number of nitriles is 1. The van der Waals surface area contributed by atoms with Crippen molar-refractivity contribution in [2.75, 3.05) is 0 Å². The van der Waals surface area contributed by atoms with Gasteiger partial charge in [0, 0.05) is 32.9 Å². The van der Waals surface area contributed by atoms with Gasteiger partial charge in [0.25, 0.3) is 0 Å². The Morgan fingerprint density at radius 3 is 1.46 bits per heavy atom. The third-order valence-electron chi connectivity index (χ3n) is 10.3. The van der Waals surface area contributed by atoms with E-state index in [4.69, 9.17) is 0 Å². The first-order valence-electron chi connectivity index (χ1n) is 17.6. The lowest BCUT2D eigenvalue weighted by Crippen LogP contribution is -1.94. The van der Waals surface area contributed by atoms with Gasteiger partial charge in [-0.25, -0.2) is 0 Å². The summed E-state index contributed by atoms with van der Waals surface area (Å²) in [6.45, 7) is 0. The van der Waals surface area contributed by atoms with E-state index in [0.29, 0.717) is 5.56 Å². The molecule has 0 spiro atoms. The van der Waals surface area contributed by atoms with E-state index in [-0.39, 0.29) is 0 Å². The lowest BCUT2D eigenvalue weighted by molar-refractivity contribution is 1.18. The molecule has 0 aliphatic rings. The summed E-state index contributed by atoms with van der Waals surface area (Å²) in [7, 11) is 0. The van der Waals surface area contributed by atoms with Gasteiger partial charge in [-0.2, -0.15) is 5.26 Å². The van der Waals surface area contributed by atoms with Crippen molar-refractivity contribution in [1.29, 1.82) is 5.26 Å². The van der Waals surface area contributed by atoms with E-state index in [9.17, 15) is 5.26 Å². The van der Waals surface area contributed by atoms with Crippen molar-refractivity contribution in [3.63, 3.8) is 0 Å². The molecular formula is C49H31N3. The van der Waals surface area contributed by atoms with Gasteiger partial charge in [0.15, 0.2) is 0 Å². The molecule has 0 unspecified atom stereocenters. The number of hydrogen-bond acceptors (Lipinski definition) is 1. The molecule has 0 saturated heterocycles. The molecule has 3 heteroatoms. The van der Waals surface area contributed by atoms with Crippen molar-refractivity contribution in [1.82, 2.24) is 9.13 Å². The minimum atomic E-state index is 0.645. The molecule has 242 valence electrons. The average molecular weight is 662 g/mol. The van der Waals surface area contributed by atoms with Crippen LogP contribution in [0.3, 0.4) is 0 Å². The summed E-state index contributed by atoms with van der Waals surface area (Å²) in [6.07, 6.45) is 0. The minimum Gasteiger partial charge on any atom is -0.309 e. The van der Waals surface area contributed by atoms with Crippen LogP contribution in [0.2, 0.25) is 0 Å². The van der Waals surface area contributed by atoms with Crippen molar-refractivity contribution in [3.8, 4) is 50.8 Å². The second-order valence-corrected chi connectivity index (χ2v) is 13.3. The normalized spacial score (nSPS) is 11.4. The standard InChI is InChI=1S/C49H31N3/c50-32-33-18-25-43-45-31-39(38-21-26-47-44(30-38)42-16-7-8-17-46(42)51(47)40-14-5-2-6-15-40)22-27-48(45)52(49(43)28-33)41-23-19-35(20-24-41)37-13-9-12-36(29-37)34-10-3-1-4-11-34/h1-31H. The van der Waals surface area contributed by atoms with Crippen LogP contribution in [0.4, 0.5) is 0 Å². The Hall–Kier alpha value is -7.15. The van der Waals surface area contributed by atoms with E-state index in [1.165, 1.54) is 44.1 Å². The molecule has 0 N–H and O–H groups in total. The van der Waals surface area contributed by atoms with Crippen LogP contribution in [0, 0.1) is 11.3 Å². The molecular weight excluding hydrogens is 631 g/mol. The molecule has 10 rings (SSSR count). The zero-order chi connectivity index (χ0) is 34.6. The lowest BCUT2D eigenvalue weighted by Gasteiger charge is -2.11. The van der Waals surface area contributed by atoms with Gasteiger partial charge in [-0.05, 0) is 106 Å². The summed E-state index contributed by atoms with van der Waals surface area (Å²) in [6, 6.07) is 69.2. The first kappa shape index (κ1) is 29.7. The number of fused-ring (bicyclic) bond motifs is 6. The van der Waals surface area contributed by atoms with Crippen molar-refractivity contribution in [3.05, 3.63) is 194 Å². The number of aromatic nitrogens is 2. The maximum absolute atomic E-state index is 9.87. The summed E-state index contributed by atoms with van der Waals surface area (Å²) in [4.78, 5) is 0. The fraction of sp³-hybridized carbons (Fsp3) is 0. The third-order valence-corrected chi connectivity index (χ3v) is 10.3. The van der Waals surface area contributed by atoms with Crippen molar-refractivity contribution in [2.45, 2.75) is 0 Å². The Kier molecular flexibility index (Phi) is 6.87. The van der Waals surface area contributed by atoms with Crippen molar-refractivity contribution < 1.29 is 0 Å². The Morgan fingerprint density at radius 1 is 0.308 bits per heavy atom. The van der Waals surface area contributed by atoms with Crippen LogP contribution in [0.25, 0.3) is 88.4 Å². The van der Waals surface area contributed by atoms with Crippen LogP contribution in [-0.4, -0.2) is 9.13 Å². The van der Waals surface area contributed by atoms with Crippen LogP contribution in [-0.2, 0) is 0 Å². The second-order valence-electron chi connectivity index (χ2n) is 13.3. The fourth-order valence-electron chi connectivity index (χ4n) is 7.87. The monoisotopic (exact) mass is 661 g/mol. The molecule has 8 aromatic carbocycles. The van der Waals surface area contributed by atoms with E-state index >= 15 is 0 Å². The number of nitrogens with zero attached hydrogens (tertiary/aromatic N) is 3. The van der Waals surface area contributed by atoms with Gasteiger partial charge >= 0.3 is 0 Å². The summed E-state index contributed by atoms with van der Waals surface area (Å²) < 4.78 is 4.64. The molecule has 2 heterocycles. The SMILES string of the molecule is N#Cc1ccc2c3cc(-c4ccc5c(c4)c4ccccc4n5-c4ccccc4)ccc3n(-c3ccc(-c4cccc(-c5ccccc5)c4)cc3)c2c1. The number of rotatable bonds is 5. The highest BCUT2D eigenvalue weighted by Gasteiger charge is 2.17. The summed E-state index contributed by atoms with van der Waals surface area (Å²) in [5.74, 6) is 0. The highest BCUT2D eigenvalue weighted by molar-refractivity contribution is 6.13. The zero-order valence-electron chi connectivity index (χ0n) is 28.2. The molecule has 0 radical (unpaired) electrons. The third kappa shape index (κ3) is 4.81. The fourth-order valence-corrected chi connectivity index (χ4v) is 7.87. The highest BCUT2D eigenvalue weighted by Crippen LogP contribution is 2.39. The van der Waals surface area contributed by atoms with Crippen molar-refractivity contribution >= 4 is 43.6 Å². The molecule has 0 bridgehead atoms. The van der Waals surface area contributed by atoms with Crippen molar-refractivity contribution in [2.24, 2.45) is 0 Å². The molecule has 0 fully saturated rings. The second kappa shape index (κ2) is 12.0. The van der Waals surface area contributed by atoms with E-state index < -0.39 is 0 Å². The Labute approximate surface area is 301 Å². The van der Waals surface area contributed by atoms with Crippen LogP contribution in [0.15, 0.2) is 188 Å². The van der Waals surface area contributed by atoms with Crippen LogP contribution >= 0.6 is 0 Å². The van der Waals surface area contributed by atoms with E-state index in [0.717, 1.165) is 44.3 Å². The van der Waals surface area contributed by atoms with E-state index in [1.807, 2.05) is 18.2 Å². The maximum Gasteiger partial charge on any atom is 0.0992 e. The molecule has 0 amide bonds. The Balaban J connectivity index is 1.09. The highest BCUT2D eigenvalue weighted by atomic mass is 15.0. The van der Waals surface area contributed by atoms with Gasteiger partial charge < -0.3 is 9.13 Å². The molecule has 0 aliphatic carbocycles. The van der Waals surface area contributed by atoms with Gasteiger partial charge in [0.05, 0.1) is 33.7 Å². The van der Waals surface area contributed by atoms with Crippen LogP contribution < -0.4 is 0 Å². The topological polar surface area (TPSA) is 33.6 Å². The maximum atomic E-state index is 9.87. The number of para-hydroxylation sites is 2. The largest absolute Gasteiger partial charge is 0.309 e. The van der Waals surface area contributed by atoms with Gasteiger partial charge in [-0.15, -0.1) is 0 Å². The van der Waals surface area contributed by atoms with E-state index in [1.54, 1.807) is 0 Å². The molecule has 52 heavy (non-hydrogen) atoms. The number of benzene rings is 8. The van der Waals surface area contributed by atoms with Gasteiger partial charge in [0.2, 0.25) is 0 Å². The van der Waals surface area contributed by atoms with Crippen LogP contribution in [0.5, 0.6) is 0 Å². The van der Waals surface area contributed by atoms with Gasteiger partial charge in [0.1, 0.15) is 0 Å². The molecule has 2 aromatic heterocycles. The van der Waals surface area contributed by atoms with Gasteiger partial charge in [-0.3, -0.25) is 0 Å². The number of hydrogen-bond donors (Lipinski definition) is 0. The van der Waals surface area contributed by atoms with Gasteiger partial charge in [-0.1, -0.05) is 115 Å². The molecule has 3 nitrogen and oxygen atoms in total. The first-order chi connectivity index (χ1) is 25.7. The Bertz CT molecular complexity index is 3000. The molecule has 10 aromatic rings. The molecule has 0 saturated carbocycles. The summed E-state index contributed by atoms with van der Waals surface area (Å²) in [5, 5.41) is 14.6. The zero-order valence-corrected chi connectivity index (χ0v) is 28.2. The smallest absolute Gasteiger partial charge is 0.0992 e. The Morgan fingerprint density at radius 2 is 0.788 bits per heavy atom. The molecule has 0 aliphatic heterocycles.